The molecular weight excluding hydrogens is 464 g/mol. The predicted molar refractivity (Wildman–Crippen MR) is 133 cm³/mol. The van der Waals surface area contributed by atoms with Gasteiger partial charge >= 0.3 is 5.97 Å². The number of Topliss-reactive ketones (excluding diaryl/α,β-unsaturated/α-hetero) is 2. The minimum absolute atomic E-state index is 0.00997. The van der Waals surface area contributed by atoms with E-state index in [9.17, 15) is 24.6 Å². The van der Waals surface area contributed by atoms with E-state index in [-0.39, 0.29) is 17.3 Å². The number of carboxylic acid groups (broad SMARTS) is 1. The number of carbonyl (C=O) groups is 3. The summed E-state index contributed by atoms with van der Waals surface area (Å²) in [4.78, 5) is 35.0. The van der Waals surface area contributed by atoms with Crippen LogP contribution in [0.5, 0.6) is 23.0 Å². The number of carbonyl (C=O) groups excluding carboxylic acids is 2. The van der Waals surface area contributed by atoms with Crippen LogP contribution in [0.4, 0.5) is 0 Å². The Balaban J connectivity index is 1.45. The van der Waals surface area contributed by atoms with Crippen LogP contribution < -0.4 is 14.2 Å². The summed E-state index contributed by atoms with van der Waals surface area (Å²) in [5.74, 6) is -0.590. The summed E-state index contributed by atoms with van der Waals surface area (Å²) < 4.78 is 17.3. The van der Waals surface area contributed by atoms with Crippen LogP contribution in [0, 0.1) is 5.92 Å². The number of ketones is 2. The van der Waals surface area contributed by atoms with Gasteiger partial charge in [0.2, 0.25) is 6.10 Å². The van der Waals surface area contributed by atoms with Crippen molar-refractivity contribution in [1.82, 2.24) is 0 Å². The number of fused-ring (bicyclic) bond motifs is 1. The molecule has 2 aromatic rings. The minimum atomic E-state index is -1.19. The lowest BCUT2D eigenvalue weighted by molar-refractivity contribution is -0.151. The van der Waals surface area contributed by atoms with E-state index in [0.29, 0.717) is 54.4 Å². The molecular formula is C28H34O8. The molecule has 2 atom stereocenters. The number of aromatic hydroxyl groups is 1. The number of ether oxygens (including phenoxy) is 3. The van der Waals surface area contributed by atoms with Gasteiger partial charge in [0.05, 0.1) is 24.7 Å². The van der Waals surface area contributed by atoms with Crippen molar-refractivity contribution in [2.45, 2.75) is 65.4 Å². The Bertz CT molecular complexity index is 1110. The Labute approximate surface area is 211 Å². The van der Waals surface area contributed by atoms with Crippen LogP contribution in [0.1, 0.15) is 67.9 Å². The van der Waals surface area contributed by atoms with Gasteiger partial charge in [-0.2, -0.15) is 0 Å². The lowest BCUT2D eigenvalue weighted by Gasteiger charge is -2.29. The van der Waals surface area contributed by atoms with E-state index in [1.165, 1.54) is 13.8 Å². The monoisotopic (exact) mass is 498 g/mol. The zero-order valence-electron chi connectivity index (χ0n) is 21.0. The van der Waals surface area contributed by atoms with Gasteiger partial charge in [-0.3, -0.25) is 9.59 Å². The van der Waals surface area contributed by atoms with Crippen molar-refractivity contribution in [3.63, 3.8) is 0 Å². The molecule has 0 saturated carbocycles. The Kier molecular flexibility index (Phi) is 9.33. The molecule has 8 nitrogen and oxygen atoms in total. The first-order chi connectivity index (χ1) is 17.2. The largest absolute Gasteiger partial charge is 0.507 e. The van der Waals surface area contributed by atoms with E-state index >= 15 is 0 Å². The molecule has 1 aliphatic heterocycles. The van der Waals surface area contributed by atoms with E-state index in [4.69, 9.17) is 14.2 Å². The third-order valence-electron chi connectivity index (χ3n) is 6.30. The van der Waals surface area contributed by atoms with Gasteiger partial charge in [-0.05, 0) is 69.7 Å². The summed E-state index contributed by atoms with van der Waals surface area (Å²) in [6.07, 6.45) is 3.05. The van der Waals surface area contributed by atoms with Crippen molar-refractivity contribution in [3.05, 3.63) is 47.0 Å². The van der Waals surface area contributed by atoms with Gasteiger partial charge in [0.1, 0.15) is 28.8 Å². The molecule has 0 saturated heterocycles. The number of aliphatic carboxylic acids is 1. The van der Waals surface area contributed by atoms with Crippen LogP contribution in [0.3, 0.4) is 0 Å². The number of carboxylic acids is 1. The number of hydrogen-bond donors (Lipinski definition) is 2. The van der Waals surface area contributed by atoms with E-state index in [1.54, 1.807) is 24.3 Å². The zero-order chi connectivity index (χ0) is 26.2. The summed E-state index contributed by atoms with van der Waals surface area (Å²) in [5, 5.41) is 19.8. The highest BCUT2D eigenvalue weighted by Crippen LogP contribution is 2.35. The molecule has 2 N–H and O–H groups in total. The first kappa shape index (κ1) is 27.0. The molecule has 0 fully saturated rings. The van der Waals surface area contributed by atoms with Crippen molar-refractivity contribution in [3.8, 4) is 23.0 Å². The van der Waals surface area contributed by atoms with Crippen molar-refractivity contribution >= 4 is 17.5 Å². The average Bonchev–Trinajstić information content (AvgIpc) is 2.84. The molecule has 0 aliphatic carbocycles. The summed E-state index contributed by atoms with van der Waals surface area (Å²) in [6, 6.07) is 8.64. The number of phenolic OH excluding ortho intramolecular Hbond substituents is 1. The van der Waals surface area contributed by atoms with E-state index in [2.05, 4.69) is 0 Å². The van der Waals surface area contributed by atoms with Gasteiger partial charge in [0, 0.05) is 11.6 Å². The Hall–Kier alpha value is -3.55. The maximum atomic E-state index is 11.8. The standard InChI is InChI=1S/C28H34O8/c1-4-8-22-24(12-11-21(17(2)29)26(22)31)35-14-7-5-6-13-34-20-10-9-19-15-23(18(3)30)27(28(32)33)36-25(19)16-20/h9-12,16,23,27,31H,4-8,13-15H2,1-3H3,(H,32,33). The molecule has 0 aromatic heterocycles. The maximum Gasteiger partial charge on any atom is 0.345 e. The Morgan fingerprint density at radius 1 is 1.03 bits per heavy atom. The second-order valence-corrected chi connectivity index (χ2v) is 9.07. The molecule has 36 heavy (non-hydrogen) atoms. The van der Waals surface area contributed by atoms with Crippen LogP contribution in [0.2, 0.25) is 0 Å². The zero-order valence-corrected chi connectivity index (χ0v) is 21.0. The van der Waals surface area contributed by atoms with Crippen LogP contribution in [0.15, 0.2) is 30.3 Å². The van der Waals surface area contributed by atoms with Gasteiger partial charge in [-0.15, -0.1) is 0 Å². The molecule has 1 aliphatic rings. The molecule has 3 rings (SSSR count). The molecule has 0 amide bonds. The fraction of sp³-hybridized carbons (Fsp3) is 0.464. The molecule has 2 unspecified atom stereocenters. The first-order valence-corrected chi connectivity index (χ1v) is 12.4. The van der Waals surface area contributed by atoms with Crippen molar-refractivity contribution < 1.29 is 38.8 Å². The smallest absolute Gasteiger partial charge is 0.345 e. The summed E-state index contributed by atoms with van der Waals surface area (Å²) in [5.41, 5.74) is 1.78. The molecule has 0 bridgehead atoms. The Morgan fingerprint density at radius 2 is 1.75 bits per heavy atom. The maximum absolute atomic E-state index is 11.8. The first-order valence-electron chi connectivity index (χ1n) is 12.4. The fourth-order valence-electron chi connectivity index (χ4n) is 4.33. The van der Waals surface area contributed by atoms with Crippen LogP contribution in [-0.2, 0) is 22.4 Å². The number of unbranched alkanes of at least 4 members (excludes halogenated alkanes) is 2. The van der Waals surface area contributed by atoms with Crippen LogP contribution >= 0.6 is 0 Å². The lowest BCUT2D eigenvalue weighted by atomic mass is 9.88. The molecule has 0 radical (unpaired) electrons. The lowest BCUT2D eigenvalue weighted by Crippen LogP contribution is -2.42. The molecule has 194 valence electrons. The topological polar surface area (TPSA) is 119 Å². The van der Waals surface area contributed by atoms with E-state index in [1.807, 2.05) is 13.0 Å². The highest BCUT2D eigenvalue weighted by Gasteiger charge is 2.38. The van der Waals surface area contributed by atoms with Gasteiger partial charge in [0.25, 0.3) is 0 Å². The van der Waals surface area contributed by atoms with Gasteiger partial charge < -0.3 is 24.4 Å². The Morgan fingerprint density at radius 3 is 2.39 bits per heavy atom. The number of phenols is 1. The third-order valence-corrected chi connectivity index (χ3v) is 6.30. The quantitative estimate of drug-likeness (QED) is 0.299. The second kappa shape index (κ2) is 12.4. The molecule has 0 spiro atoms. The normalized spacial score (nSPS) is 16.5. The average molecular weight is 499 g/mol. The van der Waals surface area contributed by atoms with Gasteiger partial charge in [0.15, 0.2) is 5.78 Å². The fourth-order valence-corrected chi connectivity index (χ4v) is 4.33. The van der Waals surface area contributed by atoms with Crippen molar-refractivity contribution in [2.75, 3.05) is 13.2 Å². The second-order valence-electron chi connectivity index (χ2n) is 9.07. The summed E-state index contributed by atoms with van der Waals surface area (Å²) in [7, 11) is 0. The van der Waals surface area contributed by atoms with E-state index < -0.39 is 18.0 Å². The van der Waals surface area contributed by atoms with Crippen molar-refractivity contribution in [1.29, 1.82) is 0 Å². The highest BCUT2D eigenvalue weighted by molar-refractivity contribution is 5.97. The number of hydrogen-bond acceptors (Lipinski definition) is 7. The summed E-state index contributed by atoms with van der Waals surface area (Å²) >= 11 is 0. The number of benzene rings is 2. The molecule has 1 heterocycles. The van der Waals surface area contributed by atoms with Crippen molar-refractivity contribution in [2.24, 2.45) is 5.92 Å². The molecule has 8 heteroatoms. The van der Waals surface area contributed by atoms with Crippen LogP contribution in [-0.4, -0.2) is 47.1 Å². The van der Waals surface area contributed by atoms with E-state index in [0.717, 1.165) is 31.2 Å². The van der Waals surface area contributed by atoms with Gasteiger partial charge in [-0.1, -0.05) is 19.4 Å². The van der Waals surface area contributed by atoms with Crippen LogP contribution in [0.25, 0.3) is 0 Å². The highest BCUT2D eigenvalue weighted by atomic mass is 16.5. The minimum Gasteiger partial charge on any atom is -0.507 e. The summed E-state index contributed by atoms with van der Waals surface area (Å²) in [6.45, 7) is 5.78. The third kappa shape index (κ3) is 6.56. The molecule has 2 aromatic carbocycles. The number of rotatable bonds is 13. The van der Waals surface area contributed by atoms with Gasteiger partial charge in [-0.25, -0.2) is 4.79 Å². The SMILES string of the molecule is CCCc1c(OCCCCCOc2ccc3c(c2)OC(C(=O)O)C(C(C)=O)C3)ccc(C(C)=O)c1O. The predicted octanol–water partition coefficient (Wildman–Crippen LogP) is 4.77.